The van der Waals surface area contributed by atoms with E-state index in [0.29, 0.717) is 15.8 Å². The normalized spacial score (nSPS) is 12.5. The molecule has 0 bridgehead atoms. The number of anilines is 2. The highest BCUT2D eigenvalue weighted by atomic mass is 32.1. The predicted octanol–water partition coefficient (Wildman–Crippen LogP) is 5.13. The lowest BCUT2D eigenvalue weighted by atomic mass is 10.1. The average molecular weight is 378 g/mol. The van der Waals surface area contributed by atoms with E-state index in [1.165, 1.54) is 16.9 Å². The Morgan fingerprint density at radius 3 is 2.70 bits per heavy atom. The number of aryl methyl sites for hydroxylation is 2. The van der Waals surface area contributed by atoms with Gasteiger partial charge < -0.3 is 14.8 Å². The molecule has 4 rings (SSSR count). The minimum Gasteiger partial charge on any atom is -0.454 e. The highest BCUT2D eigenvalue weighted by Crippen LogP contribution is 2.33. The van der Waals surface area contributed by atoms with Crippen LogP contribution in [-0.2, 0) is 0 Å². The van der Waals surface area contributed by atoms with E-state index in [4.69, 9.17) is 9.47 Å². The van der Waals surface area contributed by atoms with Crippen molar-refractivity contribution < 1.29 is 14.3 Å². The lowest BCUT2D eigenvalue weighted by Gasteiger charge is -2.01. The zero-order valence-corrected chi connectivity index (χ0v) is 15.8. The molecule has 3 aromatic rings. The van der Waals surface area contributed by atoms with Gasteiger partial charge in [0, 0.05) is 5.69 Å². The van der Waals surface area contributed by atoms with Crippen molar-refractivity contribution in [1.82, 2.24) is 4.98 Å². The summed E-state index contributed by atoms with van der Waals surface area (Å²) in [6.07, 6.45) is 3.34. The maximum absolute atomic E-state index is 12.6. The van der Waals surface area contributed by atoms with Crippen molar-refractivity contribution in [2.45, 2.75) is 13.8 Å². The minimum atomic E-state index is -0.0698. The maximum Gasteiger partial charge on any atom is 0.231 e. The van der Waals surface area contributed by atoms with Gasteiger partial charge in [0.25, 0.3) is 0 Å². The van der Waals surface area contributed by atoms with Crippen LogP contribution in [0, 0.1) is 13.8 Å². The van der Waals surface area contributed by atoms with Crippen LogP contribution in [0.25, 0.3) is 6.08 Å². The van der Waals surface area contributed by atoms with Gasteiger partial charge >= 0.3 is 0 Å². The van der Waals surface area contributed by atoms with Gasteiger partial charge in [0.2, 0.25) is 6.79 Å². The summed E-state index contributed by atoms with van der Waals surface area (Å²) >= 11 is 1.35. The van der Waals surface area contributed by atoms with Crippen molar-refractivity contribution in [3.05, 3.63) is 70.2 Å². The quantitative estimate of drug-likeness (QED) is 0.493. The topological polar surface area (TPSA) is 60.5 Å². The van der Waals surface area contributed by atoms with E-state index in [1.807, 2.05) is 56.3 Å². The molecule has 0 atom stereocenters. The fraction of sp³-hybridized carbons (Fsp3) is 0.143. The monoisotopic (exact) mass is 378 g/mol. The largest absolute Gasteiger partial charge is 0.454 e. The van der Waals surface area contributed by atoms with Crippen molar-refractivity contribution in [2.75, 3.05) is 12.1 Å². The van der Waals surface area contributed by atoms with E-state index in [0.717, 1.165) is 22.7 Å². The predicted molar refractivity (Wildman–Crippen MR) is 107 cm³/mol. The average Bonchev–Trinajstić information content (AvgIpc) is 3.27. The summed E-state index contributed by atoms with van der Waals surface area (Å²) < 4.78 is 10.7. The van der Waals surface area contributed by atoms with E-state index < -0.39 is 0 Å². The standard InChI is InChI=1S/C21H18N2O3S/c1-13-3-7-16(8-4-13)23-21-22-14(2)20(27-21)17(24)9-5-15-6-10-18-19(11-15)26-12-25-18/h3-11H,12H2,1-2H3,(H,22,23)/b9-5+. The van der Waals surface area contributed by atoms with Gasteiger partial charge in [-0.3, -0.25) is 4.79 Å². The number of carbonyl (C=O) groups excluding carboxylic acids is 1. The molecule has 0 saturated heterocycles. The van der Waals surface area contributed by atoms with Crippen molar-refractivity contribution in [3.63, 3.8) is 0 Å². The van der Waals surface area contributed by atoms with Crippen LogP contribution in [-0.4, -0.2) is 17.6 Å². The summed E-state index contributed by atoms with van der Waals surface area (Å²) in [4.78, 5) is 17.7. The number of ketones is 1. The highest BCUT2D eigenvalue weighted by molar-refractivity contribution is 7.17. The third-order valence-electron chi connectivity index (χ3n) is 4.15. The number of fused-ring (bicyclic) bond motifs is 1. The lowest BCUT2D eigenvalue weighted by Crippen LogP contribution is -1.93. The van der Waals surface area contributed by atoms with Crippen LogP contribution in [0.15, 0.2) is 48.5 Å². The number of carbonyl (C=O) groups is 1. The van der Waals surface area contributed by atoms with Crippen LogP contribution in [0.1, 0.15) is 26.5 Å². The van der Waals surface area contributed by atoms with Gasteiger partial charge in [0.05, 0.1) is 10.6 Å². The van der Waals surface area contributed by atoms with Gasteiger partial charge in [-0.25, -0.2) is 4.98 Å². The Labute approximate surface area is 161 Å². The highest BCUT2D eigenvalue weighted by Gasteiger charge is 2.15. The molecule has 2 aromatic carbocycles. The summed E-state index contributed by atoms with van der Waals surface area (Å²) in [6.45, 7) is 4.12. The number of allylic oxidation sites excluding steroid dienone is 1. The number of benzene rings is 2. The van der Waals surface area contributed by atoms with Crippen molar-refractivity contribution in [1.29, 1.82) is 0 Å². The summed E-state index contributed by atoms with van der Waals surface area (Å²) in [5, 5.41) is 3.95. The second kappa shape index (κ2) is 7.25. The summed E-state index contributed by atoms with van der Waals surface area (Å²) in [5.74, 6) is 1.35. The van der Waals surface area contributed by atoms with Gasteiger partial charge in [-0.15, -0.1) is 0 Å². The number of hydrogen-bond donors (Lipinski definition) is 1. The van der Waals surface area contributed by atoms with Crippen LogP contribution >= 0.6 is 11.3 Å². The smallest absolute Gasteiger partial charge is 0.231 e. The minimum absolute atomic E-state index is 0.0698. The Hall–Kier alpha value is -3.12. The lowest BCUT2D eigenvalue weighted by molar-refractivity contribution is 0.105. The molecule has 0 amide bonds. The third kappa shape index (κ3) is 3.85. The van der Waals surface area contributed by atoms with Gasteiger partial charge in [-0.1, -0.05) is 41.2 Å². The molecular formula is C21H18N2O3S. The molecule has 1 aliphatic rings. The first kappa shape index (κ1) is 17.3. The van der Waals surface area contributed by atoms with E-state index in [9.17, 15) is 4.79 Å². The molecule has 0 aliphatic carbocycles. The van der Waals surface area contributed by atoms with E-state index in [2.05, 4.69) is 10.3 Å². The number of hydrogen-bond acceptors (Lipinski definition) is 6. The Bertz CT molecular complexity index is 1020. The van der Waals surface area contributed by atoms with E-state index >= 15 is 0 Å². The SMILES string of the molecule is Cc1ccc(Nc2nc(C)c(C(=O)/C=C/c3ccc4c(c3)OCO4)s2)cc1. The van der Waals surface area contributed by atoms with Gasteiger partial charge in [0.15, 0.2) is 22.4 Å². The molecule has 27 heavy (non-hydrogen) atoms. The number of nitrogens with zero attached hydrogens (tertiary/aromatic N) is 1. The molecular weight excluding hydrogens is 360 g/mol. The zero-order chi connectivity index (χ0) is 18.8. The van der Waals surface area contributed by atoms with Gasteiger partial charge in [-0.2, -0.15) is 0 Å². The first-order chi connectivity index (χ1) is 13.1. The number of thiazole rings is 1. The molecule has 1 aromatic heterocycles. The first-order valence-electron chi connectivity index (χ1n) is 8.52. The first-order valence-corrected chi connectivity index (χ1v) is 9.33. The summed E-state index contributed by atoms with van der Waals surface area (Å²) in [6, 6.07) is 13.6. The molecule has 6 heteroatoms. The Morgan fingerprint density at radius 1 is 1.11 bits per heavy atom. The number of nitrogens with one attached hydrogen (secondary N) is 1. The van der Waals surface area contributed by atoms with Crippen molar-refractivity contribution in [2.24, 2.45) is 0 Å². The number of aromatic nitrogens is 1. The second-order valence-electron chi connectivity index (χ2n) is 6.23. The Kier molecular flexibility index (Phi) is 4.64. The summed E-state index contributed by atoms with van der Waals surface area (Å²) in [7, 11) is 0. The van der Waals surface area contributed by atoms with Crippen LogP contribution in [0.2, 0.25) is 0 Å². The Balaban J connectivity index is 1.48. The van der Waals surface area contributed by atoms with Crippen LogP contribution in [0.4, 0.5) is 10.8 Å². The maximum atomic E-state index is 12.6. The van der Waals surface area contributed by atoms with E-state index in [1.54, 1.807) is 12.2 Å². The molecule has 0 fully saturated rings. The van der Waals surface area contributed by atoms with E-state index in [-0.39, 0.29) is 12.6 Å². The van der Waals surface area contributed by atoms with Crippen molar-refractivity contribution in [3.8, 4) is 11.5 Å². The molecule has 0 saturated carbocycles. The molecule has 0 unspecified atom stereocenters. The van der Waals surface area contributed by atoms with Crippen LogP contribution in [0.3, 0.4) is 0 Å². The number of ether oxygens (including phenoxy) is 2. The number of rotatable bonds is 5. The molecule has 0 spiro atoms. The fourth-order valence-corrected chi connectivity index (χ4v) is 3.61. The molecule has 1 aliphatic heterocycles. The Morgan fingerprint density at radius 2 is 1.89 bits per heavy atom. The van der Waals surface area contributed by atoms with Gasteiger partial charge in [0.1, 0.15) is 0 Å². The van der Waals surface area contributed by atoms with Crippen LogP contribution in [0.5, 0.6) is 11.5 Å². The van der Waals surface area contributed by atoms with Crippen molar-refractivity contribution >= 4 is 34.0 Å². The fourth-order valence-electron chi connectivity index (χ4n) is 2.70. The molecule has 0 radical (unpaired) electrons. The van der Waals surface area contributed by atoms with Crippen LogP contribution < -0.4 is 14.8 Å². The van der Waals surface area contributed by atoms with Gasteiger partial charge in [-0.05, 0) is 49.8 Å². The molecule has 1 N–H and O–H groups in total. The second-order valence-corrected chi connectivity index (χ2v) is 7.23. The molecule has 2 heterocycles. The third-order valence-corrected chi connectivity index (χ3v) is 5.23. The zero-order valence-electron chi connectivity index (χ0n) is 15.0. The summed E-state index contributed by atoms with van der Waals surface area (Å²) in [5.41, 5.74) is 3.74. The molecule has 136 valence electrons. The molecule has 5 nitrogen and oxygen atoms in total.